The number of hydrogen-bond acceptors (Lipinski definition) is 3. The summed E-state index contributed by atoms with van der Waals surface area (Å²) in [5.74, 6) is -1.09. The van der Waals surface area contributed by atoms with Crippen LogP contribution in [0.4, 0.5) is 11.4 Å². The van der Waals surface area contributed by atoms with Gasteiger partial charge in [0.2, 0.25) is 11.8 Å². The maximum Gasteiger partial charge on any atom is 0.253 e. The quantitative estimate of drug-likeness (QED) is 0.573. The van der Waals surface area contributed by atoms with Gasteiger partial charge in [0.25, 0.3) is 5.91 Å². The summed E-state index contributed by atoms with van der Waals surface area (Å²) < 4.78 is 0. The molecule has 0 saturated carbocycles. The number of para-hydroxylation sites is 1. The molecule has 1 saturated heterocycles. The number of hydrogen-bond donors (Lipinski definition) is 2. The van der Waals surface area contributed by atoms with E-state index in [9.17, 15) is 14.4 Å². The van der Waals surface area contributed by atoms with Crippen molar-refractivity contribution in [1.29, 1.82) is 0 Å². The summed E-state index contributed by atoms with van der Waals surface area (Å²) in [7, 11) is 0. The van der Waals surface area contributed by atoms with Crippen LogP contribution >= 0.6 is 0 Å². The lowest BCUT2D eigenvalue weighted by Crippen LogP contribution is -2.29. The Morgan fingerprint density at radius 1 is 0.941 bits per heavy atom. The number of rotatable bonds is 6. The third kappa shape index (κ3) is 5.17. The van der Waals surface area contributed by atoms with Gasteiger partial charge in [-0.2, -0.15) is 0 Å². The fourth-order valence-electron chi connectivity index (χ4n) is 4.13. The summed E-state index contributed by atoms with van der Waals surface area (Å²) in [6.07, 6.45) is 0.140. The maximum absolute atomic E-state index is 13.1. The van der Waals surface area contributed by atoms with Crippen molar-refractivity contribution < 1.29 is 14.4 Å². The maximum atomic E-state index is 13.1. The molecule has 4 rings (SSSR count). The number of aryl methyl sites for hydroxylation is 3. The van der Waals surface area contributed by atoms with Gasteiger partial charge in [-0.05, 0) is 55.7 Å². The first kappa shape index (κ1) is 23.2. The molecule has 3 aromatic rings. The highest BCUT2D eigenvalue weighted by Crippen LogP contribution is 2.29. The molecule has 1 aliphatic rings. The Hall–Kier alpha value is -3.93. The average molecular weight is 456 g/mol. The van der Waals surface area contributed by atoms with Gasteiger partial charge in [0, 0.05) is 25.2 Å². The van der Waals surface area contributed by atoms with Crippen LogP contribution in [0, 0.1) is 26.7 Å². The normalized spacial score (nSPS) is 15.3. The van der Waals surface area contributed by atoms with E-state index in [-0.39, 0.29) is 24.1 Å². The first-order valence-electron chi connectivity index (χ1n) is 11.4. The minimum atomic E-state index is -0.490. The Labute approximate surface area is 200 Å². The van der Waals surface area contributed by atoms with Crippen molar-refractivity contribution in [1.82, 2.24) is 5.32 Å². The molecule has 3 aromatic carbocycles. The molecule has 34 heavy (non-hydrogen) atoms. The van der Waals surface area contributed by atoms with Crippen LogP contribution in [0.25, 0.3) is 0 Å². The molecule has 6 nitrogen and oxygen atoms in total. The van der Waals surface area contributed by atoms with Crippen LogP contribution in [0.2, 0.25) is 0 Å². The molecule has 6 heteroatoms. The first-order valence-corrected chi connectivity index (χ1v) is 11.4. The van der Waals surface area contributed by atoms with Gasteiger partial charge in [-0.15, -0.1) is 0 Å². The standard InChI is InChI=1S/C28H29N3O3/c1-18-9-12-21(13-10-18)16-29-28(34)23-6-4-5-7-24(23)30-27(33)22-15-26(32)31(17-22)25-14-19(2)8-11-20(25)3/h4-14,22H,15-17H2,1-3H3,(H,29,34)(H,30,33). The highest BCUT2D eigenvalue weighted by atomic mass is 16.2. The van der Waals surface area contributed by atoms with Crippen LogP contribution in [-0.4, -0.2) is 24.3 Å². The second-order valence-corrected chi connectivity index (χ2v) is 8.90. The zero-order chi connectivity index (χ0) is 24.2. The van der Waals surface area contributed by atoms with E-state index in [1.807, 2.05) is 63.2 Å². The molecule has 1 aliphatic heterocycles. The largest absolute Gasteiger partial charge is 0.348 e. The van der Waals surface area contributed by atoms with Gasteiger partial charge in [-0.1, -0.05) is 54.1 Å². The number of nitrogens with zero attached hydrogens (tertiary/aromatic N) is 1. The monoisotopic (exact) mass is 455 g/mol. The summed E-state index contributed by atoms with van der Waals surface area (Å²) >= 11 is 0. The number of nitrogens with one attached hydrogen (secondary N) is 2. The molecule has 0 spiro atoms. The smallest absolute Gasteiger partial charge is 0.253 e. The molecule has 174 valence electrons. The van der Waals surface area contributed by atoms with Gasteiger partial charge in [0.05, 0.1) is 17.2 Å². The summed E-state index contributed by atoms with van der Waals surface area (Å²) in [5.41, 5.74) is 5.88. The second kappa shape index (κ2) is 9.91. The minimum absolute atomic E-state index is 0.0713. The Morgan fingerprint density at radius 3 is 2.41 bits per heavy atom. The molecular formula is C28H29N3O3. The summed E-state index contributed by atoms with van der Waals surface area (Å²) in [5, 5.41) is 5.79. The molecule has 0 bridgehead atoms. The van der Waals surface area contributed by atoms with Crippen LogP contribution < -0.4 is 15.5 Å². The third-order valence-corrected chi connectivity index (χ3v) is 6.15. The average Bonchev–Trinajstić information content (AvgIpc) is 3.22. The number of amides is 3. The molecule has 1 unspecified atom stereocenters. The van der Waals surface area contributed by atoms with Crippen LogP contribution in [0.3, 0.4) is 0 Å². The lowest BCUT2D eigenvalue weighted by Gasteiger charge is -2.20. The van der Waals surface area contributed by atoms with E-state index in [2.05, 4.69) is 10.6 Å². The predicted octanol–water partition coefficient (Wildman–Crippen LogP) is 4.53. The Morgan fingerprint density at radius 2 is 1.65 bits per heavy atom. The fourth-order valence-corrected chi connectivity index (χ4v) is 4.13. The Balaban J connectivity index is 1.43. The summed E-state index contributed by atoms with van der Waals surface area (Å²) in [6.45, 7) is 6.66. The molecule has 1 heterocycles. The predicted molar refractivity (Wildman–Crippen MR) is 134 cm³/mol. The van der Waals surface area contributed by atoms with Crippen molar-refractivity contribution >= 4 is 29.1 Å². The number of carbonyl (C=O) groups excluding carboxylic acids is 3. The highest BCUT2D eigenvalue weighted by molar-refractivity contribution is 6.07. The molecule has 0 radical (unpaired) electrons. The van der Waals surface area contributed by atoms with Gasteiger partial charge in [-0.25, -0.2) is 0 Å². The fraction of sp³-hybridized carbons (Fsp3) is 0.250. The van der Waals surface area contributed by atoms with E-state index in [0.29, 0.717) is 24.3 Å². The first-order chi connectivity index (χ1) is 16.3. The molecule has 0 aliphatic carbocycles. The van der Waals surface area contributed by atoms with Crippen LogP contribution in [0.1, 0.15) is 39.0 Å². The minimum Gasteiger partial charge on any atom is -0.348 e. The van der Waals surface area contributed by atoms with Gasteiger partial charge in [0.15, 0.2) is 0 Å². The van der Waals surface area contributed by atoms with Gasteiger partial charge < -0.3 is 15.5 Å². The highest BCUT2D eigenvalue weighted by Gasteiger charge is 2.36. The molecule has 2 N–H and O–H groups in total. The zero-order valence-corrected chi connectivity index (χ0v) is 19.7. The van der Waals surface area contributed by atoms with E-state index < -0.39 is 5.92 Å². The van der Waals surface area contributed by atoms with Crippen molar-refractivity contribution in [2.45, 2.75) is 33.7 Å². The molecule has 0 aromatic heterocycles. The van der Waals surface area contributed by atoms with Crippen LogP contribution in [0.15, 0.2) is 66.7 Å². The Kier molecular flexibility index (Phi) is 6.77. The zero-order valence-electron chi connectivity index (χ0n) is 19.7. The van der Waals surface area contributed by atoms with Crippen molar-refractivity contribution in [3.63, 3.8) is 0 Å². The number of benzene rings is 3. The van der Waals surface area contributed by atoms with E-state index in [0.717, 1.165) is 27.9 Å². The van der Waals surface area contributed by atoms with Crippen LogP contribution in [0.5, 0.6) is 0 Å². The summed E-state index contributed by atoms with van der Waals surface area (Å²) in [6, 6.07) is 20.8. The van der Waals surface area contributed by atoms with E-state index in [1.165, 1.54) is 0 Å². The number of carbonyl (C=O) groups is 3. The second-order valence-electron chi connectivity index (χ2n) is 8.90. The van der Waals surface area contributed by atoms with Gasteiger partial charge >= 0.3 is 0 Å². The topological polar surface area (TPSA) is 78.5 Å². The van der Waals surface area contributed by atoms with Crippen molar-refractivity contribution in [3.05, 3.63) is 94.5 Å². The van der Waals surface area contributed by atoms with E-state index in [1.54, 1.807) is 29.2 Å². The van der Waals surface area contributed by atoms with Crippen molar-refractivity contribution in [2.24, 2.45) is 5.92 Å². The molecule has 1 fully saturated rings. The molecule has 1 atom stereocenters. The van der Waals surface area contributed by atoms with E-state index >= 15 is 0 Å². The molecular weight excluding hydrogens is 426 g/mol. The number of anilines is 2. The molecule has 3 amide bonds. The third-order valence-electron chi connectivity index (χ3n) is 6.15. The SMILES string of the molecule is Cc1ccc(CNC(=O)c2ccccc2NC(=O)C2CC(=O)N(c3cc(C)ccc3C)C2)cc1. The van der Waals surface area contributed by atoms with Crippen LogP contribution in [-0.2, 0) is 16.1 Å². The van der Waals surface area contributed by atoms with Crippen molar-refractivity contribution in [2.75, 3.05) is 16.8 Å². The van der Waals surface area contributed by atoms with Gasteiger partial charge in [0.1, 0.15) is 0 Å². The lowest BCUT2D eigenvalue weighted by molar-refractivity contribution is -0.122. The van der Waals surface area contributed by atoms with E-state index in [4.69, 9.17) is 0 Å². The lowest BCUT2D eigenvalue weighted by atomic mass is 10.1. The summed E-state index contributed by atoms with van der Waals surface area (Å²) in [4.78, 5) is 40.3. The Bertz CT molecular complexity index is 1230. The van der Waals surface area contributed by atoms with Crippen molar-refractivity contribution in [3.8, 4) is 0 Å². The van der Waals surface area contributed by atoms with Gasteiger partial charge in [-0.3, -0.25) is 14.4 Å².